The summed E-state index contributed by atoms with van der Waals surface area (Å²) in [6.07, 6.45) is 3.03. The average molecular weight is 297 g/mol. The fourth-order valence-electron chi connectivity index (χ4n) is 2.78. The Morgan fingerprint density at radius 2 is 1.71 bits per heavy atom. The minimum atomic E-state index is 0.0803. The third-order valence-corrected chi connectivity index (χ3v) is 4.19. The van der Waals surface area contributed by atoms with Gasteiger partial charge in [-0.25, -0.2) is 0 Å². The molecule has 2 amide bonds. The van der Waals surface area contributed by atoms with Crippen molar-refractivity contribution in [3.8, 4) is 0 Å². The number of hydrogen-bond acceptors (Lipinski definition) is 4. The largest absolute Gasteiger partial charge is 0.395 e. The van der Waals surface area contributed by atoms with Gasteiger partial charge in [-0.15, -0.1) is 0 Å². The lowest BCUT2D eigenvalue weighted by atomic mass is 10.2. The molecule has 21 heavy (non-hydrogen) atoms. The fraction of sp³-hybridized carbons (Fsp3) is 0.867. The van der Waals surface area contributed by atoms with E-state index in [1.807, 2.05) is 14.7 Å². The Bertz CT molecular complexity index is 357. The number of piperazine rings is 1. The van der Waals surface area contributed by atoms with Crippen molar-refractivity contribution in [3.05, 3.63) is 0 Å². The summed E-state index contributed by atoms with van der Waals surface area (Å²) in [6, 6.07) is 0. The van der Waals surface area contributed by atoms with Gasteiger partial charge in [0.25, 0.3) is 0 Å². The fourth-order valence-corrected chi connectivity index (χ4v) is 2.78. The molecule has 0 aromatic rings. The second-order valence-corrected chi connectivity index (χ2v) is 5.98. The van der Waals surface area contributed by atoms with Gasteiger partial charge in [0.1, 0.15) is 0 Å². The molecule has 1 aliphatic heterocycles. The van der Waals surface area contributed by atoms with E-state index in [-0.39, 0.29) is 24.3 Å². The predicted octanol–water partition coefficient (Wildman–Crippen LogP) is -0.228. The van der Waals surface area contributed by atoms with Crippen molar-refractivity contribution in [1.29, 1.82) is 0 Å². The van der Waals surface area contributed by atoms with E-state index in [0.717, 1.165) is 25.8 Å². The first-order chi connectivity index (χ1) is 10.2. The maximum Gasteiger partial charge on any atom is 0.236 e. The summed E-state index contributed by atoms with van der Waals surface area (Å²) in [6.45, 7) is 6.47. The number of aliphatic hydroxyl groups excluding tert-OH is 1. The van der Waals surface area contributed by atoms with Crippen LogP contribution in [0.3, 0.4) is 0 Å². The molecule has 0 spiro atoms. The Morgan fingerprint density at radius 3 is 2.24 bits per heavy atom. The number of rotatable bonds is 7. The molecule has 0 aromatic carbocycles. The van der Waals surface area contributed by atoms with E-state index in [1.165, 1.54) is 0 Å². The van der Waals surface area contributed by atoms with E-state index in [1.54, 1.807) is 0 Å². The lowest BCUT2D eigenvalue weighted by Gasteiger charge is -2.36. The molecule has 1 saturated carbocycles. The molecule has 2 aliphatic rings. The summed E-state index contributed by atoms with van der Waals surface area (Å²) in [5.74, 6) is 0.641. The van der Waals surface area contributed by atoms with Crippen molar-refractivity contribution in [1.82, 2.24) is 14.7 Å². The van der Waals surface area contributed by atoms with Crippen molar-refractivity contribution < 1.29 is 14.7 Å². The van der Waals surface area contributed by atoms with Gasteiger partial charge in [0.05, 0.1) is 13.2 Å². The minimum Gasteiger partial charge on any atom is -0.395 e. The van der Waals surface area contributed by atoms with Crippen molar-refractivity contribution in [3.63, 3.8) is 0 Å². The maximum absolute atomic E-state index is 12.3. The zero-order valence-corrected chi connectivity index (χ0v) is 13.0. The minimum absolute atomic E-state index is 0.0803. The second kappa shape index (κ2) is 7.75. The molecule has 0 atom stereocenters. The molecule has 6 heteroatoms. The summed E-state index contributed by atoms with van der Waals surface area (Å²) in [4.78, 5) is 30.0. The van der Waals surface area contributed by atoms with Gasteiger partial charge < -0.3 is 14.9 Å². The Morgan fingerprint density at radius 1 is 1.10 bits per heavy atom. The van der Waals surface area contributed by atoms with Gasteiger partial charge in [-0.3, -0.25) is 14.5 Å². The number of amides is 2. The monoisotopic (exact) mass is 297 g/mol. The van der Waals surface area contributed by atoms with Gasteiger partial charge in [-0.2, -0.15) is 0 Å². The van der Waals surface area contributed by atoms with Crippen LogP contribution in [0.15, 0.2) is 0 Å². The zero-order valence-electron chi connectivity index (χ0n) is 13.0. The lowest BCUT2D eigenvalue weighted by molar-refractivity contribution is -0.141. The molecular formula is C15H27N3O3. The van der Waals surface area contributed by atoms with Crippen LogP contribution in [0, 0.1) is 5.92 Å². The third-order valence-electron chi connectivity index (χ3n) is 4.19. The SMILES string of the molecule is CCCN(CCO)CC(=O)N1CCN(C(=O)C2CC2)CC1. The summed E-state index contributed by atoms with van der Waals surface area (Å²) in [5.41, 5.74) is 0. The molecule has 1 saturated heterocycles. The van der Waals surface area contributed by atoms with Gasteiger partial charge in [0.2, 0.25) is 11.8 Å². The maximum atomic E-state index is 12.3. The van der Waals surface area contributed by atoms with E-state index in [0.29, 0.717) is 39.3 Å². The van der Waals surface area contributed by atoms with Gasteiger partial charge in [0.15, 0.2) is 0 Å². The number of carbonyl (C=O) groups excluding carboxylic acids is 2. The van der Waals surface area contributed by atoms with E-state index in [9.17, 15) is 9.59 Å². The van der Waals surface area contributed by atoms with Crippen molar-refractivity contribution in [2.75, 3.05) is 52.4 Å². The van der Waals surface area contributed by atoms with E-state index >= 15 is 0 Å². The topological polar surface area (TPSA) is 64.1 Å². The Kier molecular flexibility index (Phi) is 5.99. The molecule has 1 N–H and O–H groups in total. The van der Waals surface area contributed by atoms with E-state index in [4.69, 9.17) is 5.11 Å². The van der Waals surface area contributed by atoms with Crippen molar-refractivity contribution in [2.24, 2.45) is 5.92 Å². The van der Waals surface area contributed by atoms with Crippen molar-refractivity contribution >= 4 is 11.8 Å². The Hall–Kier alpha value is -1.14. The van der Waals surface area contributed by atoms with Crippen LogP contribution >= 0.6 is 0 Å². The Balaban J connectivity index is 1.75. The van der Waals surface area contributed by atoms with Gasteiger partial charge in [-0.05, 0) is 25.8 Å². The summed E-state index contributed by atoms with van der Waals surface area (Å²) >= 11 is 0. The molecule has 1 heterocycles. The number of nitrogens with zero attached hydrogens (tertiary/aromatic N) is 3. The van der Waals surface area contributed by atoms with Gasteiger partial charge >= 0.3 is 0 Å². The molecular weight excluding hydrogens is 270 g/mol. The van der Waals surface area contributed by atoms with Crippen LogP contribution in [0.2, 0.25) is 0 Å². The highest BCUT2D eigenvalue weighted by Crippen LogP contribution is 2.31. The lowest BCUT2D eigenvalue weighted by Crippen LogP contribution is -2.53. The van der Waals surface area contributed by atoms with Crippen LogP contribution in [-0.2, 0) is 9.59 Å². The highest BCUT2D eigenvalue weighted by Gasteiger charge is 2.35. The molecule has 6 nitrogen and oxygen atoms in total. The highest BCUT2D eigenvalue weighted by atomic mass is 16.3. The molecule has 120 valence electrons. The highest BCUT2D eigenvalue weighted by molar-refractivity contribution is 5.82. The van der Waals surface area contributed by atoms with Crippen LogP contribution in [0.5, 0.6) is 0 Å². The number of aliphatic hydroxyl groups is 1. The molecule has 2 rings (SSSR count). The zero-order chi connectivity index (χ0) is 15.2. The quantitative estimate of drug-likeness (QED) is 0.705. The van der Waals surface area contributed by atoms with Gasteiger partial charge in [-0.1, -0.05) is 6.92 Å². The first-order valence-corrected chi connectivity index (χ1v) is 8.05. The van der Waals surface area contributed by atoms with Gasteiger partial charge in [0, 0.05) is 38.6 Å². The normalized spacial score (nSPS) is 19.2. The Labute approximate surface area is 126 Å². The summed E-state index contributed by atoms with van der Waals surface area (Å²) < 4.78 is 0. The second-order valence-electron chi connectivity index (χ2n) is 5.98. The summed E-state index contributed by atoms with van der Waals surface area (Å²) in [5, 5.41) is 9.03. The van der Waals surface area contributed by atoms with Crippen molar-refractivity contribution in [2.45, 2.75) is 26.2 Å². The van der Waals surface area contributed by atoms with Crippen LogP contribution in [0.4, 0.5) is 0 Å². The number of carbonyl (C=O) groups is 2. The van der Waals surface area contributed by atoms with E-state index in [2.05, 4.69) is 6.92 Å². The first kappa shape index (κ1) is 16.2. The molecule has 0 radical (unpaired) electrons. The van der Waals surface area contributed by atoms with Crippen LogP contribution in [-0.4, -0.2) is 84.0 Å². The summed E-state index contributed by atoms with van der Waals surface area (Å²) in [7, 11) is 0. The molecule has 0 unspecified atom stereocenters. The number of hydrogen-bond donors (Lipinski definition) is 1. The standard InChI is InChI=1S/C15H27N3O3/c1-2-5-16(10-11-19)12-14(20)17-6-8-18(9-7-17)15(21)13-3-4-13/h13,19H,2-12H2,1H3. The third kappa shape index (κ3) is 4.68. The predicted molar refractivity (Wildman–Crippen MR) is 79.7 cm³/mol. The molecule has 0 bridgehead atoms. The molecule has 0 aromatic heterocycles. The average Bonchev–Trinajstić information content (AvgIpc) is 3.32. The smallest absolute Gasteiger partial charge is 0.236 e. The van der Waals surface area contributed by atoms with Crippen LogP contribution in [0.25, 0.3) is 0 Å². The van der Waals surface area contributed by atoms with E-state index < -0.39 is 0 Å². The van der Waals surface area contributed by atoms with Crippen LogP contribution < -0.4 is 0 Å². The first-order valence-electron chi connectivity index (χ1n) is 8.05. The van der Waals surface area contributed by atoms with Crippen LogP contribution in [0.1, 0.15) is 26.2 Å². The molecule has 1 aliphatic carbocycles. The molecule has 2 fully saturated rings.